The van der Waals surface area contributed by atoms with E-state index in [0.717, 1.165) is 24.2 Å². The van der Waals surface area contributed by atoms with Gasteiger partial charge in [-0.3, -0.25) is 4.90 Å². The predicted octanol–water partition coefficient (Wildman–Crippen LogP) is 3.31. The second-order valence-corrected chi connectivity index (χ2v) is 5.48. The zero-order valence-corrected chi connectivity index (χ0v) is 11.7. The van der Waals surface area contributed by atoms with E-state index in [9.17, 15) is 0 Å². The fraction of sp³-hybridized carbons (Fsp3) is 0.636. The molecular formula is C11H18Cl2N2S. The Balaban J connectivity index is 0.00000128. The van der Waals surface area contributed by atoms with Gasteiger partial charge in [0.15, 0.2) is 0 Å². The third-order valence-corrected chi connectivity index (χ3v) is 4.35. The summed E-state index contributed by atoms with van der Waals surface area (Å²) in [6.45, 7) is 3.97. The van der Waals surface area contributed by atoms with E-state index in [1.807, 2.05) is 5.38 Å². The zero-order valence-electron chi connectivity index (χ0n) is 9.36. The number of halogens is 2. The quantitative estimate of drug-likeness (QED) is 0.897. The first-order valence-corrected chi connectivity index (χ1v) is 6.68. The molecule has 0 aliphatic heterocycles. The van der Waals surface area contributed by atoms with Gasteiger partial charge < -0.3 is 5.73 Å². The van der Waals surface area contributed by atoms with Crippen molar-refractivity contribution in [2.45, 2.75) is 31.8 Å². The molecule has 1 aliphatic carbocycles. The lowest BCUT2D eigenvalue weighted by molar-refractivity contribution is 0.209. The van der Waals surface area contributed by atoms with Crippen molar-refractivity contribution >= 4 is 35.3 Å². The SMILES string of the molecule is CC(c1cc(Cl)cs1)N(CCN)C1CC1.Cl. The summed E-state index contributed by atoms with van der Waals surface area (Å²) in [7, 11) is 0. The minimum absolute atomic E-state index is 0. The van der Waals surface area contributed by atoms with Gasteiger partial charge in [-0.2, -0.15) is 0 Å². The Bertz CT molecular complexity index is 326. The molecule has 0 radical (unpaired) electrons. The molecule has 1 aromatic heterocycles. The standard InChI is InChI=1S/C11H17ClN2S.ClH/c1-8(11-6-9(12)7-15-11)14(5-4-13)10-2-3-10;/h6-8,10H,2-5,13H2,1H3;1H. The number of nitrogens with zero attached hydrogens (tertiary/aromatic N) is 1. The second-order valence-electron chi connectivity index (χ2n) is 4.10. The Morgan fingerprint density at radius 1 is 1.62 bits per heavy atom. The van der Waals surface area contributed by atoms with Crippen LogP contribution in [-0.4, -0.2) is 24.0 Å². The van der Waals surface area contributed by atoms with Gasteiger partial charge in [0.1, 0.15) is 0 Å². The molecule has 1 heterocycles. The van der Waals surface area contributed by atoms with Crippen molar-refractivity contribution in [1.29, 1.82) is 0 Å². The first-order chi connectivity index (χ1) is 7.22. The maximum atomic E-state index is 5.95. The molecule has 2 N–H and O–H groups in total. The minimum Gasteiger partial charge on any atom is -0.329 e. The summed E-state index contributed by atoms with van der Waals surface area (Å²) in [5.74, 6) is 0. The highest BCUT2D eigenvalue weighted by molar-refractivity contribution is 7.10. The van der Waals surface area contributed by atoms with Crippen LogP contribution in [-0.2, 0) is 0 Å². The number of hydrogen-bond acceptors (Lipinski definition) is 3. The van der Waals surface area contributed by atoms with Crippen LogP contribution in [0.3, 0.4) is 0 Å². The van der Waals surface area contributed by atoms with Gasteiger partial charge in [0.25, 0.3) is 0 Å². The molecule has 0 bridgehead atoms. The first-order valence-electron chi connectivity index (χ1n) is 5.42. The summed E-state index contributed by atoms with van der Waals surface area (Å²) in [5, 5.41) is 2.85. The van der Waals surface area contributed by atoms with Crippen LogP contribution < -0.4 is 5.73 Å². The molecule has 1 aromatic rings. The molecule has 1 fully saturated rings. The molecule has 2 nitrogen and oxygen atoms in total. The van der Waals surface area contributed by atoms with Gasteiger partial charge in [-0.25, -0.2) is 0 Å². The summed E-state index contributed by atoms with van der Waals surface area (Å²) in [6, 6.07) is 3.28. The topological polar surface area (TPSA) is 29.3 Å². The van der Waals surface area contributed by atoms with Crippen LogP contribution in [0.2, 0.25) is 5.02 Å². The molecule has 92 valence electrons. The molecule has 16 heavy (non-hydrogen) atoms. The Labute approximate surface area is 112 Å². The Morgan fingerprint density at radius 3 is 2.75 bits per heavy atom. The molecule has 2 rings (SSSR count). The molecule has 1 unspecified atom stereocenters. The second kappa shape index (κ2) is 6.22. The fourth-order valence-corrected chi connectivity index (χ4v) is 3.12. The molecule has 0 aromatic carbocycles. The van der Waals surface area contributed by atoms with Gasteiger partial charge in [0.05, 0.1) is 5.02 Å². The summed E-state index contributed by atoms with van der Waals surface area (Å²) in [4.78, 5) is 3.85. The largest absolute Gasteiger partial charge is 0.329 e. The third-order valence-electron chi connectivity index (χ3n) is 2.90. The average Bonchev–Trinajstić information content (AvgIpc) is 2.96. The van der Waals surface area contributed by atoms with Crippen molar-refractivity contribution < 1.29 is 0 Å². The van der Waals surface area contributed by atoms with E-state index in [2.05, 4.69) is 17.9 Å². The van der Waals surface area contributed by atoms with E-state index in [-0.39, 0.29) is 12.4 Å². The highest BCUT2D eigenvalue weighted by Crippen LogP contribution is 2.36. The highest BCUT2D eigenvalue weighted by atomic mass is 35.5. The van der Waals surface area contributed by atoms with E-state index in [1.165, 1.54) is 17.7 Å². The predicted molar refractivity (Wildman–Crippen MR) is 73.8 cm³/mol. The Kier molecular flexibility index (Phi) is 5.54. The van der Waals surface area contributed by atoms with Gasteiger partial charge in [0.2, 0.25) is 0 Å². The van der Waals surface area contributed by atoms with Crippen molar-refractivity contribution in [3.05, 3.63) is 21.3 Å². The molecule has 0 saturated heterocycles. The number of thiophene rings is 1. The Hall–Kier alpha value is 0.200. The van der Waals surface area contributed by atoms with Crippen LogP contribution in [0.5, 0.6) is 0 Å². The van der Waals surface area contributed by atoms with Gasteiger partial charge in [-0.15, -0.1) is 23.7 Å². The van der Waals surface area contributed by atoms with Crippen LogP contribution in [0.25, 0.3) is 0 Å². The summed E-state index contributed by atoms with van der Waals surface area (Å²) >= 11 is 7.69. The van der Waals surface area contributed by atoms with Crippen molar-refractivity contribution in [2.75, 3.05) is 13.1 Å². The van der Waals surface area contributed by atoms with E-state index in [0.29, 0.717) is 6.04 Å². The van der Waals surface area contributed by atoms with Gasteiger partial charge in [-0.05, 0) is 25.8 Å². The zero-order chi connectivity index (χ0) is 10.8. The van der Waals surface area contributed by atoms with E-state index in [4.69, 9.17) is 17.3 Å². The molecule has 5 heteroatoms. The van der Waals surface area contributed by atoms with Crippen LogP contribution in [0.1, 0.15) is 30.7 Å². The molecule has 0 spiro atoms. The monoisotopic (exact) mass is 280 g/mol. The van der Waals surface area contributed by atoms with Crippen molar-refractivity contribution in [1.82, 2.24) is 4.90 Å². The van der Waals surface area contributed by atoms with E-state index in [1.54, 1.807) is 11.3 Å². The number of hydrogen-bond donors (Lipinski definition) is 1. The van der Waals surface area contributed by atoms with Crippen LogP contribution in [0.4, 0.5) is 0 Å². The first kappa shape index (κ1) is 14.3. The molecular weight excluding hydrogens is 263 g/mol. The molecule has 1 aliphatic rings. The van der Waals surface area contributed by atoms with Crippen molar-refractivity contribution in [2.24, 2.45) is 5.73 Å². The van der Waals surface area contributed by atoms with Crippen molar-refractivity contribution in [3.63, 3.8) is 0 Å². The van der Waals surface area contributed by atoms with Crippen LogP contribution in [0.15, 0.2) is 11.4 Å². The van der Waals surface area contributed by atoms with Gasteiger partial charge >= 0.3 is 0 Å². The number of rotatable bonds is 5. The number of nitrogens with two attached hydrogens (primary N) is 1. The molecule has 0 amide bonds. The highest BCUT2D eigenvalue weighted by Gasteiger charge is 2.32. The van der Waals surface area contributed by atoms with E-state index >= 15 is 0 Å². The van der Waals surface area contributed by atoms with Gasteiger partial charge in [-0.1, -0.05) is 11.6 Å². The average molecular weight is 281 g/mol. The molecule has 1 saturated carbocycles. The summed E-state index contributed by atoms with van der Waals surface area (Å²) in [5.41, 5.74) is 5.65. The smallest absolute Gasteiger partial charge is 0.0516 e. The van der Waals surface area contributed by atoms with Crippen LogP contribution >= 0.6 is 35.3 Å². The van der Waals surface area contributed by atoms with Gasteiger partial charge in [0, 0.05) is 35.4 Å². The normalized spacial score (nSPS) is 17.2. The van der Waals surface area contributed by atoms with E-state index < -0.39 is 0 Å². The maximum Gasteiger partial charge on any atom is 0.0516 e. The fourth-order valence-electron chi connectivity index (χ4n) is 1.96. The summed E-state index contributed by atoms with van der Waals surface area (Å²) < 4.78 is 0. The summed E-state index contributed by atoms with van der Waals surface area (Å²) in [6.07, 6.45) is 2.65. The van der Waals surface area contributed by atoms with Crippen molar-refractivity contribution in [3.8, 4) is 0 Å². The minimum atomic E-state index is 0. The lowest BCUT2D eigenvalue weighted by Gasteiger charge is -2.27. The maximum absolute atomic E-state index is 5.95. The third kappa shape index (κ3) is 3.34. The Morgan fingerprint density at radius 2 is 2.31 bits per heavy atom. The lowest BCUT2D eigenvalue weighted by atomic mass is 10.2. The van der Waals surface area contributed by atoms with Crippen LogP contribution in [0, 0.1) is 0 Å². The lowest BCUT2D eigenvalue weighted by Crippen LogP contribution is -2.33. The molecule has 1 atom stereocenters.